The highest BCUT2D eigenvalue weighted by Crippen LogP contribution is 2.17. The van der Waals surface area contributed by atoms with Gasteiger partial charge in [-0.2, -0.15) is 0 Å². The minimum atomic E-state index is -0.168. The Morgan fingerprint density at radius 2 is 2.00 bits per heavy atom. The zero-order valence-electron chi connectivity index (χ0n) is 12.8. The summed E-state index contributed by atoms with van der Waals surface area (Å²) >= 11 is 3.46. The molecule has 0 aliphatic carbocycles. The molecule has 5 nitrogen and oxygen atoms in total. The summed E-state index contributed by atoms with van der Waals surface area (Å²) < 4.78 is 0.981. The molecule has 1 rings (SSSR count). The molecule has 0 saturated carbocycles. The van der Waals surface area contributed by atoms with Crippen LogP contribution >= 0.6 is 28.3 Å². The van der Waals surface area contributed by atoms with Crippen LogP contribution in [0.15, 0.2) is 28.7 Å². The molecule has 0 bridgehead atoms. The van der Waals surface area contributed by atoms with Gasteiger partial charge in [0, 0.05) is 43.5 Å². The highest BCUT2D eigenvalue weighted by Gasteiger charge is 2.11. The number of carbonyl (C=O) groups excluding carboxylic acids is 2. The highest BCUT2D eigenvalue weighted by molar-refractivity contribution is 9.10. The van der Waals surface area contributed by atoms with Gasteiger partial charge in [0.2, 0.25) is 11.8 Å². The highest BCUT2D eigenvalue weighted by atomic mass is 79.9. The molecule has 0 fully saturated rings. The number of hydrogen-bond acceptors (Lipinski definition) is 3. The van der Waals surface area contributed by atoms with Crippen LogP contribution in [0.2, 0.25) is 0 Å². The fraction of sp³-hybridized carbons (Fsp3) is 0.467. The van der Waals surface area contributed by atoms with E-state index in [0.29, 0.717) is 13.1 Å². The number of nitrogens with zero attached hydrogens (tertiary/aromatic N) is 1. The zero-order chi connectivity index (χ0) is 15.8. The standard InChI is InChI=1S/C15H22BrN3O2.ClH/c1-11(17)9-14(20)18-8-7-15(21)19(2)10-12-5-3-4-6-13(12)16;/h3-6,11H,7-10,17H2,1-2H3,(H,18,20);1H. The number of nitrogens with two attached hydrogens (primary N) is 1. The van der Waals surface area contributed by atoms with Gasteiger partial charge in [-0.25, -0.2) is 0 Å². The van der Waals surface area contributed by atoms with Crippen LogP contribution < -0.4 is 11.1 Å². The predicted molar refractivity (Wildman–Crippen MR) is 93.8 cm³/mol. The third kappa shape index (κ3) is 7.77. The Morgan fingerprint density at radius 1 is 1.36 bits per heavy atom. The normalized spacial score (nSPS) is 11.3. The van der Waals surface area contributed by atoms with Crippen LogP contribution in [0, 0.1) is 0 Å². The molecule has 3 N–H and O–H groups in total. The van der Waals surface area contributed by atoms with Gasteiger partial charge in [-0.15, -0.1) is 12.4 Å². The Hall–Kier alpha value is -1.11. The SMILES string of the molecule is CC(N)CC(=O)NCCC(=O)N(C)Cc1ccccc1Br.Cl. The number of nitrogens with one attached hydrogen (secondary N) is 1. The van der Waals surface area contributed by atoms with Crippen molar-refractivity contribution in [2.75, 3.05) is 13.6 Å². The second-order valence-corrected chi connectivity index (χ2v) is 5.98. The van der Waals surface area contributed by atoms with Crippen LogP contribution in [0.3, 0.4) is 0 Å². The second-order valence-electron chi connectivity index (χ2n) is 5.12. The average molecular weight is 393 g/mol. The van der Waals surface area contributed by atoms with Crippen molar-refractivity contribution >= 4 is 40.2 Å². The number of halogens is 2. The lowest BCUT2D eigenvalue weighted by atomic mass is 10.2. The first-order chi connectivity index (χ1) is 9.90. The van der Waals surface area contributed by atoms with E-state index in [1.807, 2.05) is 24.3 Å². The lowest BCUT2D eigenvalue weighted by molar-refractivity contribution is -0.130. The van der Waals surface area contributed by atoms with E-state index in [1.165, 1.54) is 0 Å². The Kier molecular flexibility index (Phi) is 10.1. The fourth-order valence-corrected chi connectivity index (χ4v) is 2.24. The van der Waals surface area contributed by atoms with Crippen molar-refractivity contribution in [3.8, 4) is 0 Å². The number of rotatable bonds is 7. The van der Waals surface area contributed by atoms with Gasteiger partial charge >= 0.3 is 0 Å². The molecule has 0 heterocycles. The molecular formula is C15H23BrClN3O2. The molecule has 22 heavy (non-hydrogen) atoms. The molecule has 124 valence electrons. The van der Waals surface area contributed by atoms with E-state index in [2.05, 4.69) is 21.2 Å². The zero-order valence-corrected chi connectivity index (χ0v) is 15.2. The topological polar surface area (TPSA) is 75.4 Å². The van der Waals surface area contributed by atoms with Crippen molar-refractivity contribution in [2.45, 2.75) is 32.4 Å². The molecule has 1 unspecified atom stereocenters. The van der Waals surface area contributed by atoms with Crippen LogP contribution in [0.4, 0.5) is 0 Å². The maximum absolute atomic E-state index is 12.0. The summed E-state index contributed by atoms with van der Waals surface area (Å²) in [4.78, 5) is 25.1. The summed E-state index contributed by atoms with van der Waals surface area (Å²) in [7, 11) is 1.76. The quantitative estimate of drug-likeness (QED) is 0.746. The molecule has 0 aliphatic heterocycles. The minimum absolute atomic E-state index is 0. The summed E-state index contributed by atoms with van der Waals surface area (Å²) in [5.41, 5.74) is 6.58. The monoisotopic (exact) mass is 391 g/mol. The van der Waals surface area contributed by atoms with E-state index in [1.54, 1.807) is 18.9 Å². The summed E-state index contributed by atoms with van der Waals surface area (Å²) in [6.45, 7) is 2.65. The molecule has 1 aromatic carbocycles. The van der Waals surface area contributed by atoms with E-state index in [0.717, 1.165) is 10.0 Å². The van der Waals surface area contributed by atoms with Gasteiger partial charge in [-0.3, -0.25) is 9.59 Å². The molecule has 1 atom stereocenters. The molecule has 0 saturated heterocycles. The van der Waals surface area contributed by atoms with E-state index >= 15 is 0 Å². The van der Waals surface area contributed by atoms with E-state index in [9.17, 15) is 9.59 Å². The minimum Gasteiger partial charge on any atom is -0.356 e. The van der Waals surface area contributed by atoms with Gasteiger partial charge in [0.05, 0.1) is 0 Å². The van der Waals surface area contributed by atoms with Gasteiger partial charge in [-0.1, -0.05) is 34.1 Å². The van der Waals surface area contributed by atoms with Crippen LogP contribution in [-0.2, 0) is 16.1 Å². The molecule has 0 aromatic heterocycles. The van der Waals surface area contributed by atoms with Crippen molar-refractivity contribution in [1.82, 2.24) is 10.2 Å². The van der Waals surface area contributed by atoms with Crippen molar-refractivity contribution in [3.05, 3.63) is 34.3 Å². The smallest absolute Gasteiger partial charge is 0.224 e. The summed E-state index contributed by atoms with van der Waals surface area (Å²) in [5, 5.41) is 2.70. The lowest BCUT2D eigenvalue weighted by Crippen LogP contribution is -2.34. The molecule has 0 spiro atoms. The third-order valence-corrected chi connectivity index (χ3v) is 3.73. The van der Waals surface area contributed by atoms with E-state index < -0.39 is 0 Å². The predicted octanol–water partition coefficient (Wildman–Crippen LogP) is 2.07. The molecule has 1 aromatic rings. The summed E-state index contributed by atoms with van der Waals surface area (Å²) in [6.07, 6.45) is 0.562. The first-order valence-electron chi connectivity index (χ1n) is 6.89. The second kappa shape index (κ2) is 10.6. The molecule has 0 aliphatic rings. The van der Waals surface area contributed by atoms with Gasteiger partial charge in [0.1, 0.15) is 0 Å². The van der Waals surface area contributed by atoms with Gasteiger partial charge < -0.3 is 16.0 Å². The fourth-order valence-electron chi connectivity index (χ4n) is 1.83. The maximum Gasteiger partial charge on any atom is 0.224 e. The Labute approximate surface area is 146 Å². The number of carbonyl (C=O) groups is 2. The van der Waals surface area contributed by atoms with Crippen LogP contribution in [0.1, 0.15) is 25.3 Å². The average Bonchev–Trinajstić information content (AvgIpc) is 2.40. The van der Waals surface area contributed by atoms with Gasteiger partial charge in [0.25, 0.3) is 0 Å². The molecule has 2 amide bonds. The first-order valence-corrected chi connectivity index (χ1v) is 7.69. The van der Waals surface area contributed by atoms with Crippen LogP contribution in [-0.4, -0.2) is 36.3 Å². The number of benzene rings is 1. The van der Waals surface area contributed by atoms with Gasteiger partial charge in [0.15, 0.2) is 0 Å². The first kappa shape index (κ1) is 20.9. The van der Waals surface area contributed by atoms with E-state index in [4.69, 9.17) is 5.73 Å². The van der Waals surface area contributed by atoms with Crippen molar-refractivity contribution in [1.29, 1.82) is 0 Å². The third-order valence-electron chi connectivity index (χ3n) is 2.96. The van der Waals surface area contributed by atoms with Crippen molar-refractivity contribution < 1.29 is 9.59 Å². The van der Waals surface area contributed by atoms with Gasteiger partial charge in [-0.05, 0) is 18.6 Å². The molecular weight excluding hydrogens is 370 g/mol. The number of hydrogen-bond donors (Lipinski definition) is 2. The number of amides is 2. The lowest BCUT2D eigenvalue weighted by Gasteiger charge is -2.18. The molecule has 7 heteroatoms. The Bertz CT molecular complexity index is 497. The largest absolute Gasteiger partial charge is 0.356 e. The molecule has 0 radical (unpaired) electrons. The van der Waals surface area contributed by atoms with Crippen LogP contribution in [0.5, 0.6) is 0 Å². The maximum atomic E-state index is 12.0. The van der Waals surface area contributed by atoms with E-state index in [-0.39, 0.29) is 43.1 Å². The Morgan fingerprint density at radius 3 is 2.59 bits per heavy atom. The summed E-state index contributed by atoms with van der Waals surface area (Å²) in [6, 6.07) is 7.62. The summed E-state index contributed by atoms with van der Waals surface area (Å²) in [5.74, 6) is -0.127. The Balaban J connectivity index is 0.00000441. The van der Waals surface area contributed by atoms with Crippen molar-refractivity contribution in [2.24, 2.45) is 5.73 Å². The van der Waals surface area contributed by atoms with Crippen LogP contribution in [0.25, 0.3) is 0 Å². The van der Waals surface area contributed by atoms with Crippen molar-refractivity contribution in [3.63, 3.8) is 0 Å².